The van der Waals surface area contributed by atoms with Gasteiger partial charge in [0, 0.05) is 130 Å². The van der Waals surface area contributed by atoms with Gasteiger partial charge in [0.2, 0.25) is 11.8 Å². The normalized spacial score (nSPS) is 9.78. The fourth-order valence-electron chi connectivity index (χ4n) is 6.86. The molecule has 4 N–H and O–H groups in total. The fourth-order valence-corrected chi connectivity index (χ4v) is 6.86. The second-order valence-electron chi connectivity index (χ2n) is 30.7. The lowest BCUT2D eigenvalue weighted by atomic mass is 9.91. The van der Waals surface area contributed by atoms with Crippen LogP contribution in [-0.4, -0.2) is 357 Å². The van der Waals surface area contributed by atoms with Crippen molar-refractivity contribution in [3.05, 3.63) is 149 Å². The zero-order valence-corrected chi connectivity index (χ0v) is 83.7. The summed E-state index contributed by atoms with van der Waals surface area (Å²) in [5, 5.41) is 5.51. The van der Waals surface area contributed by atoms with E-state index in [-0.39, 0.29) is 103 Å². The molecule has 0 aromatic carbocycles. The van der Waals surface area contributed by atoms with E-state index in [9.17, 15) is 47.9 Å². The Bertz CT molecular complexity index is 3030. The van der Waals surface area contributed by atoms with Crippen LogP contribution in [0.15, 0.2) is 149 Å². The van der Waals surface area contributed by atoms with Crippen molar-refractivity contribution < 1.29 is 120 Å². The standard InChI is InChI=1S/C11H20O2.C10H19NO2.2C9H18N2O.C9H17NO2.C8H15NO2.C8H16NO2.C8H15NO2.C7H13NO2.C6H11NO2.C5H6N2.3ClH/c1-9(2)10(12)13-8-6-7-11(3,4)5;1-5-11(6-2)7-8-13-10(12)9(3)4;1-8(2)9(12)10-6-5-7-11(3)4;1-5-9(12)10-7-6-8-11(2,3)4;1-4-9(11)12-8-7-10(5-2)6-3;1-7(2)8(10)11-6-5-9(3)4;1-5-8(10)11-7-6-9(2,3)4;1-4-8(10)11-7-5-6-9(2)3;1-4-7(9)10-6-5-8(2)3;1-5(2)6(8)9-4-3-7;1-2-7-4-3-6-5-7;;;/h1,6-8H2,2-5H3;3,5-8H2,1-2,4H3;1,5-7H2,2-4H3,(H,10,12);5H,1,6-8H2,2-4H3;4H,1,5-8H2,2-3H3;1,5-6H2,2-4H3;5H,1,6-7H2,2-4H3;4H,1,5-7H2,2-3H3;4H,1,5-6H2,2-3H3;1,3-4,7H2,2H3;2-5H,1H2;3*1H/q;;;;;;+1;;;;;;;/p-1. The van der Waals surface area contributed by atoms with E-state index < -0.39 is 0 Å². The topological polar surface area (TPSA) is 332 Å². The van der Waals surface area contributed by atoms with Crippen LogP contribution in [-0.2, 0) is 85.8 Å². The maximum absolute atomic E-state index is 11.0. The number of hydrogen-bond acceptors (Lipinski definition) is 26. The van der Waals surface area contributed by atoms with Gasteiger partial charge in [0.1, 0.15) is 46.2 Å². The minimum atomic E-state index is -0.375. The van der Waals surface area contributed by atoms with E-state index >= 15 is 0 Å². The average Bonchev–Trinajstić information content (AvgIpc) is 1.75. The highest BCUT2D eigenvalue weighted by atomic mass is 35.5. The Labute approximate surface area is 768 Å². The molecule has 0 aliphatic rings. The largest absolute Gasteiger partial charge is 1.00 e. The molecule has 1 aromatic rings. The number of quaternary nitrogens is 2. The highest BCUT2D eigenvalue weighted by Crippen LogP contribution is 2.20. The number of halogens is 3. The van der Waals surface area contributed by atoms with Gasteiger partial charge >= 0.3 is 47.8 Å². The monoisotopic (exact) mass is 1830 g/mol. The maximum atomic E-state index is 11.0. The van der Waals surface area contributed by atoms with E-state index in [2.05, 4.69) is 177 Å². The first-order chi connectivity index (χ1) is 56.1. The van der Waals surface area contributed by atoms with E-state index in [1.54, 1.807) is 57.9 Å². The van der Waals surface area contributed by atoms with Crippen molar-refractivity contribution in [1.29, 1.82) is 0 Å². The first kappa shape index (κ1) is 144. The molecule has 124 heavy (non-hydrogen) atoms. The van der Waals surface area contributed by atoms with Gasteiger partial charge in [0.25, 0.3) is 0 Å². The molecular formula is C90H170Cl3N13O18. The maximum Gasteiger partial charge on any atom is 0.333 e. The number of rotatable bonds is 47. The van der Waals surface area contributed by atoms with Gasteiger partial charge in [0.05, 0.1) is 68.4 Å². The summed E-state index contributed by atoms with van der Waals surface area (Å²) in [6.45, 7) is 76.7. The minimum absolute atomic E-state index is 0. The molecule has 724 valence electrons. The van der Waals surface area contributed by atoms with Crippen LogP contribution in [0.1, 0.15) is 115 Å². The molecule has 1 rings (SSSR count). The third-order valence-electron chi connectivity index (χ3n) is 14.0. The summed E-state index contributed by atoms with van der Waals surface area (Å²) in [6, 6.07) is 0. The van der Waals surface area contributed by atoms with E-state index in [1.165, 1.54) is 24.3 Å². The Morgan fingerprint density at radius 1 is 0.419 bits per heavy atom. The zero-order chi connectivity index (χ0) is 96.1. The van der Waals surface area contributed by atoms with Gasteiger partial charge in [-0.15, -0.1) is 12.4 Å². The average molecular weight is 1830 g/mol. The van der Waals surface area contributed by atoms with Crippen molar-refractivity contribution in [2.24, 2.45) is 11.1 Å². The Balaban J connectivity index is -0.0000000994. The second-order valence-corrected chi connectivity index (χ2v) is 30.7. The summed E-state index contributed by atoms with van der Waals surface area (Å²) in [5.41, 5.74) is 7.73. The van der Waals surface area contributed by atoms with Crippen LogP contribution in [0.4, 0.5) is 0 Å². The van der Waals surface area contributed by atoms with Crippen LogP contribution in [0.3, 0.4) is 0 Å². The zero-order valence-electron chi connectivity index (χ0n) is 81.3. The lowest BCUT2D eigenvalue weighted by Crippen LogP contribution is -3.00. The number of esters is 8. The summed E-state index contributed by atoms with van der Waals surface area (Å²) in [4.78, 5) is 123. The van der Waals surface area contributed by atoms with Crippen molar-refractivity contribution in [3.63, 3.8) is 0 Å². The molecule has 34 heteroatoms. The van der Waals surface area contributed by atoms with Crippen molar-refractivity contribution in [1.82, 2.24) is 49.6 Å². The summed E-state index contributed by atoms with van der Waals surface area (Å²) in [7, 11) is 28.2. The Morgan fingerprint density at radius 3 is 1.02 bits per heavy atom. The van der Waals surface area contributed by atoms with Crippen molar-refractivity contribution in [2.45, 2.75) is 115 Å². The van der Waals surface area contributed by atoms with Crippen LogP contribution in [0.2, 0.25) is 0 Å². The molecular weight excluding hydrogens is 1660 g/mol. The Hall–Kier alpha value is -8.44. The first-order valence-corrected chi connectivity index (χ1v) is 40.4. The van der Waals surface area contributed by atoms with Crippen LogP contribution >= 0.6 is 12.4 Å². The summed E-state index contributed by atoms with van der Waals surface area (Å²) < 4.78 is 41.9. The fraction of sp³-hybridized carbons (Fsp3) is 0.611. The number of carbonyl (C=O) groups is 10. The molecule has 1 heterocycles. The molecule has 0 fully saturated rings. The summed E-state index contributed by atoms with van der Waals surface area (Å²) in [5.74, 6) is -2.80. The molecule has 0 unspecified atom stereocenters. The molecule has 0 bridgehead atoms. The van der Waals surface area contributed by atoms with Gasteiger partial charge in [-0.1, -0.05) is 121 Å². The summed E-state index contributed by atoms with van der Waals surface area (Å²) >= 11 is 0. The number of nitrogens with zero attached hydrogens (tertiary/aromatic N) is 10. The number of likely N-dealkylation sites (N-methyl/N-ethyl adjacent to an activating group) is 5. The van der Waals surface area contributed by atoms with E-state index in [1.807, 2.05) is 98.4 Å². The molecule has 0 spiro atoms. The van der Waals surface area contributed by atoms with E-state index in [4.69, 9.17) is 38.9 Å². The van der Waals surface area contributed by atoms with E-state index in [0.717, 1.165) is 139 Å². The molecule has 0 radical (unpaired) electrons. The number of carbonyl (C=O) groups excluding carboxylic acids is 10. The highest BCUT2D eigenvalue weighted by Gasteiger charge is 2.12. The SMILES string of the molecule is C=C(C)C(=O)NCCCN(C)C.C=C(C)C(=O)OCCCC(C)(C)C.C=C(C)C(=O)OCCN.C=C(C)C(=O)OCCN(C)C.C=C(C)C(=O)OCCN(CC)CC.C=CC(=O)NCCC[N+](C)(C)C.C=CC(=O)OCCCN(C)C.C=CC(=O)OCCN(C)C.C=CC(=O)OCCN(CC)CC.C=CC(=O)OCC[N+](C)(C)C.C=Cn1ccnc1.Cl.[Cl-].[Cl-]. The predicted molar refractivity (Wildman–Crippen MR) is 502 cm³/mol. The number of aromatic nitrogens is 2. The van der Waals surface area contributed by atoms with E-state index in [0.29, 0.717) is 86.1 Å². The quantitative estimate of drug-likeness (QED) is 0.0273. The van der Waals surface area contributed by atoms with Crippen LogP contribution in [0, 0.1) is 5.41 Å². The molecule has 0 atom stereocenters. The molecule has 1 aromatic heterocycles. The molecule has 0 aliphatic heterocycles. The smallest absolute Gasteiger partial charge is 0.333 e. The molecule has 2 amide bonds. The van der Waals surface area contributed by atoms with Crippen molar-refractivity contribution >= 4 is 78.2 Å². The number of hydrogen-bond donors (Lipinski definition) is 3. The molecule has 0 aliphatic carbocycles. The van der Waals surface area contributed by atoms with Gasteiger partial charge < -0.3 is 122 Å². The van der Waals surface area contributed by atoms with Crippen molar-refractivity contribution in [3.8, 4) is 0 Å². The van der Waals surface area contributed by atoms with Gasteiger partial charge in [-0.3, -0.25) is 9.59 Å². The minimum Gasteiger partial charge on any atom is -1.00 e. The van der Waals surface area contributed by atoms with Gasteiger partial charge in [-0.2, -0.15) is 0 Å². The first-order valence-electron chi connectivity index (χ1n) is 40.4. The molecule has 31 nitrogen and oxygen atoms in total. The molecule has 0 saturated heterocycles. The van der Waals surface area contributed by atoms with Gasteiger partial charge in [-0.05, 0) is 161 Å². The summed E-state index contributed by atoms with van der Waals surface area (Å²) in [6.07, 6.45) is 17.7. The van der Waals surface area contributed by atoms with Crippen molar-refractivity contribution in [2.75, 3.05) is 250 Å². The van der Waals surface area contributed by atoms with Gasteiger partial charge in [-0.25, -0.2) is 43.3 Å². The Morgan fingerprint density at radius 2 is 0.734 bits per heavy atom. The molecule has 0 saturated carbocycles. The third kappa shape index (κ3) is 134. The van der Waals surface area contributed by atoms with Crippen LogP contribution in [0.25, 0.3) is 6.20 Å². The van der Waals surface area contributed by atoms with Gasteiger partial charge in [0.15, 0.2) is 0 Å². The van der Waals surface area contributed by atoms with Crippen LogP contribution < -0.4 is 41.2 Å². The highest BCUT2D eigenvalue weighted by molar-refractivity contribution is 5.92. The number of nitrogens with two attached hydrogens (primary N) is 1. The number of imidazole rings is 1. The number of ether oxygens (including phenoxy) is 8. The van der Waals surface area contributed by atoms with Crippen LogP contribution in [0.5, 0.6) is 0 Å². The predicted octanol–water partition coefficient (Wildman–Crippen LogP) is 3.96. The number of amides is 2. The number of nitrogens with one attached hydrogen (secondary N) is 2. The lowest BCUT2D eigenvalue weighted by Gasteiger charge is -2.23. The Kier molecular flexibility index (Phi) is 113. The lowest BCUT2D eigenvalue weighted by molar-refractivity contribution is -0.870. The third-order valence-corrected chi connectivity index (χ3v) is 14.0. The second kappa shape index (κ2) is 96.8.